The van der Waals surface area contributed by atoms with E-state index in [0.717, 1.165) is 22.4 Å². The molecule has 16 heavy (non-hydrogen) atoms. The fourth-order valence-electron chi connectivity index (χ4n) is 1.41. The highest BCUT2D eigenvalue weighted by Gasteiger charge is 2.07. The number of aliphatic hydroxyl groups excluding tert-OH is 1. The lowest BCUT2D eigenvalue weighted by atomic mass is 10.2. The van der Waals surface area contributed by atoms with Gasteiger partial charge in [0.2, 0.25) is 0 Å². The molecule has 0 amide bonds. The molecule has 5 nitrogen and oxygen atoms in total. The Labute approximate surface area is 102 Å². The van der Waals surface area contributed by atoms with E-state index in [0.29, 0.717) is 0 Å². The van der Waals surface area contributed by atoms with Crippen LogP contribution in [0.5, 0.6) is 0 Å². The van der Waals surface area contributed by atoms with Gasteiger partial charge in [-0.3, -0.25) is 0 Å². The third-order valence-electron chi connectivity index (χ3n) is 2.39. The quantitative estimate of drug-likeness (QED) is 0.897. The van der Waals surface area contributed by atoms with Crippen molar-refractivity contribution in [2.24, 2.45) is 0 Å². The summed E-state index contributed by atoms with van der Waals surface area (Å²) >= 11 is 3.38. The van der Waals surface area contributed by atoms with Crippen LogP contribution >= 0.6 is 15.9 Å². The predicted molar refractivity (Wildman–Crippen MR) is 65.5 cm³/mol. The molecule has 0 aliphatic carbocycles. The highest BCUT2D eigenvalue weighted by Crippen LogP contribution is 2.17. The van der Waals surface area contributed by atoms with Crippen LogP contribution in [0.25, 0.3) is 5.65 Å². The number of hydrogen-bond donors (Lipinski definition) is 2. The van der Waals surface area contributed by atoms with Crippen molar-refractivity contribution in [1.29, 1.82) is 0 Å². The van der Waals surface area contributed by atoms with Crippen molar-refractivity contribution in [3.63, 3.8) is 0 Å². The van der Waals surface area contributed by atoms with E-state index >= 15 is 0 Å². The van der Waals surface area contributed by atoms with E-state index < -0.39 is 0 Å². The van der Waals surface area contributed by atoms with Gasteiger partial charge in [0.1, 0.15) is 5.82 Å². The maximum atomic E-state index is 9.10. The topological polar surface area (TPSA) is 62.5 Å². The largest absolute Gasteiger partial charge is 0.394 e. The van der Waals surface area contributed by atoms with Gasteiger partial charge in [-0.1, -0.05) is 6.92 Å². The smallest absolute Gasteiger partial charge is 0.171 e. The third-order valence-corrected chi connectivity index (χ3v) is 2.95. The maximum absolute atomic E-state index is 9.10. The highest BCUT2D eigenvalue weighted by molar-refractivity contribution is 9.10. The van der Waals surface area contributed by atoms with Gasteiger partial charge in [0.05, 0.1) is 23.3 Å². The average molecular weight is 285 g/mol. The third kappa shape index (κ3) is 2.17. The van der Waals surface area contributed by atoms with Crippen LogP contribution in [0.2, 0.25) is 0 Å². The zero-order valence-electron chi connectivity index (χ0n) is 8.89. The summed E-state index contributed by atoms with van der Waals surface area (Å²) in [6.45, 7) is 2.12. The Morgan fingerprint density at radius 1 is 1.62 bits per heavy atom. The summed E-state index contributed by atoms with van der Waals surface area (Å²) in [6.07, 6.45) is 4.39. The van der Waals surface area contributed by atoms with Gasteiger partial charge >= 0.3 is 0 Å². The number of rotatable bonds is 4. The fourth-order valence-corrected chi connectivity index (χ4v) is 1.77. The molecule has 1 atom stereocenters. The fraction of sp³-hybridized carbons (Fsp3) is 0.400. The normalized spacial score (nSPS) is 12.9. The van der Waals surface area contributed by atoms with Crippen molar-refractivity contribution in [2.45, 2.75) is 19.4 Å². The number of anilines is 1. The lowest BCUT2D eigenvalue weighted by Gasteiger charge is -2.14. The number of nitrogens with one attached hydrogen (secondary N) is 1. The molecule has 2 aromatic heterocycles. The van der Waals surface area contributed by atoms with Crippen LogP contribution in [0, 0.1) is 0 Å². The monoisotopic (exact) mass is 284 g/mol. The van der Waals surface area contributed by atoms with Gasteiger partial charge in [-0.25, -0.2) is 9.50 Å². The number of fused-ring (bicyclic) bond motifs is 1. The molecule has 0 aromatic carbocycles. The molecular weight excluding hydrogens is 272 g/mol. The number of nitrogens with zero attached hydrogens (tertiary/aromatic N) is 3. The Morgan fingerprint density at radius 2 is 2.44 bits per heavy atom. The van der Waals surface area contributed by atoms with Crippen molar-refractivity contribution in [3.05, 3.63) is 22.9 Å². The van der Waals surface area contributed by atoms with E-state index in [1.165, 1.54) is 0 Å². The van der Waals surface area contributed by atoms with Gasteiger partial charge in [-0.05, 0) is 28.4 Å². The van der Waals surface area contributed by atoms with E-state index in [9.17, 15) is 0 Å². The van der Waals surface area contributed by atoms with Crippen LogP contribution < -0.4 is 5.32 Å². The molecule has 1 unspecified atom stereocenters. The Kier molecular flexibility index (Phi) is 3.40. The van der Waals surface area contributed by atoms with Gasteiger partial charge in [-0.2, -0.15) is 5.10 Å². The molecule has 2 rings (SSSR count). The summed E-state index contributed by atoms with van der Waals surface area (Å²) in [5.41, 5.74) is 0.762. The first-order valence-corrected chi connectivity index (χ1v) is 5.91. The van der Waals surface area contributed by atoms with E-state index in [1.54, 1.807) is 10.7 Å². The summed E-state index contributed by atoms with van der Waals surface area (Å²) in [5.74, 6) is 0.745. The van der Waals surface area contributed by atoms with E-state index in [4.69, 9.17) is 5.11 Å². The summed E-state index contributed by atoms with van der Waals surface area (Å²) in [4.78, 5) is 4.40. The Bertz CT molecular complexity index is 481. The average Bonchev–Trinajstić information content (AvgIpc) is 2.68. The second-order valence-corrected chi connectivity index (χ2v) is 4.36. The molecule has 0 spiro atoms. The summed E-state index contributed by atoms with van der Waals surface area (Å²) < 4.78 is 2.54. The molecule has 0 saturated carbocycles. The molecule has 0 fully saturated rings. The number of aromatic nitrogens is 3. The molecule has 2 N–H and O–H groups in total. The molecule has 0 aliphatic heterocycles. The number of hydrogen-bond acceptors (Lipinski definition) is 4. The minimum Gasteiger partial charge on any atom is -0.394 e. The molecule has 6 heteroatoms. The van der Waals surface area contributed by atoms with E-state index in [-0.39, 0.29) is 12.6 Å². The van der Waals surface area contributed by atoms with Crippen LogP contribution in [0.4, 0.5) is 5.82 Å². The lowest BCUT2D eigenvalue weighted by molar-refractivity contribution is 0.271. The molecule has 0 aliphatic rings. The second kappa shape index (κ2) is 4.80. The first-order chi connectivity index (χ1) is 7.74. The van der Waals surface area contributed by atoms with E-state index in [2.05, 4.69) is 31.3 Å². The first kappa shape index (κ1) is 11.3. The highest BCUT2D eigenvalue weighted by atomic mass is 79.9. The Balaban J connectivity index is 2.28. The van der Waals surface area contributed by atoms with Crippen LogP contribution in [0.15, 0.2) is 22.9 Å². The molecule has 0 radical (unpaired) electrons. The summed E-state index contributed by atoms with van der Waals surface area (Å²) in [5, 5.41) is 16.4. The zero-order chi connectivity index (χ0) is 11.5. The number of aliphatic hydroxyl groups is 1. The van der Waals surface area contributed by atoms with Crippen molar-refractivity contribution in [3.8, 4) is 0 Å². The van der Waals surface area contributed by atoms with Crippen molar-refractivity contribution in [1.82, 2.24) is 14.6 Å². The van der Waals surface area contributed by atoms with Crippen LogP contribution in [0.3, 0.4) is 0 Å². The number of halogens is 1. The molecular formula is C10H13BrN4O. The van der Waals surface area contributed by atoms with Gasteiger partial charge < -0.3 is 10.4 Å². The molecule has 0 saturated heterocycles. The van der Waals surface area contributed by atoms with Crippen molar-refractivity contribution < 1.29 is 5.11 Å². The molecule has 2 aromatic rings. The van der Waals surface area contributed by atoms with Crippen molar-refractivity contribution in [2.75, 3.05) is 11.9 Å². The van der Waals surface area contributed by atoms with Crippen LogP contribution in [-0.2, 0) is 0 Å². The summed E-state index contributed by atoms with van der Waals surface area (Å²) in [7, 11) is 0. The van der Waals surface area contributed by atoms with Gasteiger partial charge in [-0.15, -0.1) is 0 Å². The maximum Gasteiger partial charge on any atom is 0.171 e. The summed E-state index contributed by atoms with van der Waals surface area (Å²) in [6, 6.07) is 1.88. The van der Waals surface area contributed by atoms with E-state index in [1.807, 2.05) is 19.2 Å². The second-order valence-electron chi connectivity index (χ2n) is 3.51. The standard InChI is InChI=1S/C10H13BrN4O/c1-2-7(6-16)13-9-3-4-15-10(14-9)8(11)5-12-15/h3-5,7,16H,2,6H2,1H3,(H,13,14). The first-order valence-electron chi connectivity index (χ1n) is 5.12. The Hall–Kier alpha value is -1.14. The predicted octanol–water partition coefficient (Wildman–Crippen LogP) is 1.67. The van der Waals surface area contributed by atoms with Gasteiger partial charge in [0, 0.05) is 6.20 Å². The molecule has 86 valence electrons. The SMILES string of the molecule is CCC(CO)Nc1ccn2ncc(Br)c2n1. The lowest BCUT2D eigenvalue weighted by Crippen LogP contribution is -2.23. The zero-order valence-corrected chi connectivity index (χ0v) is 10.5. The Morgan fingerprint density at radius 3 is 3.12 bits per heavy atom. The van der Waals surface area contributed by atoms with Gasteiger partial charge in [0.25, 0.3) is 0 Å². The van der Waals surface area contributed by atoms with Gasteiger partial charge in [0.15, 0.2) is 5.65 Å². The molecule has 2 heterocycles. The van der Waals surface area contributed by atoms with Crippen molar-refractivity contribution >= 4 is 27.4 Å². The minimum absolute atomic E-state index is 0.0386. The molecule has 0 bridgehead atoms. The minimum atomic E-state index is 0.0386. The van der Waals surface area contributed by atoms with Crippen LogP contribution in [0.1, 0.15) is 13.3 Å². The van der Waals surface area contributed by atoms with Crippen LogP contribution in [-0.4, -0.2) is 32.4 Å².